The van der Waals surface area contributed by atoms with Crippen LogP contribution < -0.4 is 25.8 Å². The number of carbonyl (C=O) groups is 3. The summed E-state index contributed by atoms with van der Waals surface area (Å²) in [4.78, 5) is 51.3. The predicted octanol–water partition coefficient (Wildman–Crippen LogP) is 10.6. The molecular weight excluding hydrogens is 1240 g/mol. The number of ether oxygens (including phenoxy) is 6. The van der Waals surface area contributed by atoms with E-state index in [1.54, 1.807) is 6.92 Å². The van der Waals surface area contributed by atoms with Gasteiger partial charge in [-0.2, -0.15) is 6.92 Å². The summed E-state index contributed by atoms with van der Waals surface area (Å²) in [6, 6.07) is 6.22. The molecule has 517 valence electrons. The fourth-order valence-electron chi connectivity index (χ4n) is 12.3. The number of hydrogen-bond acceptors (Lipinski definition) is 15. The second kappa shape index (κ2) is 42.4. The molecule has 4 aromatic rings. The van der Waals surface area contributed by atoms with Crippen molar-refractivity contribution in [3.63, 3.8) is 0 Å². The first-order chi connectivity index (χ1) is 43.7. The van der Waals surface area contributed by atoms with E-state index in [1.807, 2.05) is 22.5 Å². The van der Waals surface area contributed by atoms with Crippen LogP contribution in [0.3, 0.4) is 0 Å². The second-order valence-electron chi connectivity index (χ2n) is 26.6. The van der Waals surface area contributed by atoms with E-state index in [1.165, 1.54) is 56.9 Å². The van der Waals surface area contributed by atoms with Crippen LogP contribution in [0.25, 0.3) is 21.9 Å². The number of aromatic nitrogens is 3. The Labute approximate surface area is 577 Å². The van der Waals surface area contributed by atoms with Gasteiger partial charge in [-0.25, -0.2) is 4.98 Å². The summed E-state index contributed by atoms with van der Waals surface area (Å²) in [5.74, 6) is 5.12. The molecule has 0 aliphatic carbocycles. The molecular formula is C72H118N8O11Y-2. The fraction of sp³-hybridized carbons (Fsp3) is 0.708. The third-order valence-corrected chi connectivity index (χ3v) is 18.3. The van der Waals surface area contributed by atoms with E-state index >= 15 is 0 Å². The van der Waals surface area contributed by atoms with E-state index in [2.05, 4.69) is 107 Å². The zero-order valence-electron chi connectivity index (χ0n) is 58.3. The van der Waals surface area contributed by atoms with Crippen molar-refractivity contribution < 1.29 is 85.7 Å². The molecule has 19 nitrogen and oxygen atoms in total. The van der Waals surface area contributed by atoms with E-state index in [9.17, 15) is 24.6 Å². The Morgan fingerprint density at radius 1 is 0.739 bits per heavy atom. The number of aliphatic hydroxyl groups excluding tert-OH is 2. The largest absolute Gasteiger partial charge is 0.493 e. The zero-order chi connectivity index (χ0) is 66.3. The first kappa shape index (κ1) is 80.3. The number of hydrogen-bond donors (Lipinski definition) is 5. The number of aryl methyl sites for hydroxylation is 1. The van der Waals surface area contributed by atoms with E-state index in [4.69, 9.17) is 34.2 Å². The number of benzene rings is 2. The van der Waals surface area contributed by atoms with Crippen LogP contribution in [-0.4, -0.2) is 176 Å². The van der Waals surface area contributed by atoms with Crippen LogP contribution in [0.2, 0.25) is 0 Å². The maximum atomic E-state index is 12.9. The third-order valence-electron chi connectivity index (χ3n) is 18.3. The fourth-order valence-corrected chi connectivity index (χ4v) is 12.3. The molecule has 92 heavy (non-hydrogen) atoms. The van der Waals surface area contributed by atoms with Gasteiger partial charge >= 0.3 is 0 Å². The van der Waals surface area contributed by atoms with Crippen LogP contribution in [-0.2, 0) is 85.4 Å². The van der Waals surface area contributed by atoms with Crippen molar-refractivity contribution in [2.24, 2.45) is 23.2 Å². The molecule has 6 N–H and O–H groups in total. The topological polar surface area (TPSA) is 234 Å². The van der Waals surface area contributed by atoms with Gasteiger partial charge in [0.05, 0.1) is 90.1 Å². The number of piperazine rings is 1. The van der Waals surface area contributed by atoms with Gasteiger partial charge in [-0.05, 0) is 131 Å². The molecule has 6 rings (SSSR count). The smallest absolute Gasteiger partial charge is 0.224 e. The van der Waals surface area contributed by atoms with E-state index in [0.29, 0.717) is 122 Å². The number of nitrogen functional groups attached to an aromatic ring is 1. The Hall–Kier alpha value is -4.18. The van der Waals surface area contributed by atoms with Gasteiger partial charge in [0.25, 0.3) is 0 Å². The molecule has 3 amide bonds. The minimum Gasteiger partial charge on any atom is -0.493 e. The second-order valence-corrected chi connectivity index (χ2v) is 26.6. The average Bonchev–Trinajstić information content (AvgIpc) is 1.44. The number of carbonyl (C=O) groups excluding carboxylic acids is 3. The van der Waals surface area contributed by atoms with Gasteiger partial charge in [0.2, 0.25) is 17.7 Å². The Kier molecular flexibility index (Phi) is 37.0. The van der Waals surface area contributed by atoms with Crippen molar-refractivity contribution in [1.82, 2.24) is 35.0 Å². The van der Waals surface area contributed by atoms with E-state index in [-0.39, 0.29) is 82.3 Å². The predicted molar refractivity (Wildman–Crippen MR) is 365 cm³/mol. The van der Waals surface area contributed by atoms with Crippen molar-refractivity contribution in [3.05, 3.63) is 65.7 Å². The van der Waals surface area contributed by atoms with Crippen LogP contribution in [0.15, 0.2) is 18.2 Å². The van der Waals surface area contributed by atoms with Crippen molar-refractivity contribution in [3.8, 4) is 11.5 Å². The number of anilines is 1. The number of nitrogens with two attached hydrogens (primary N) is 1. The number of aliphatic hydroxyl groups is 2. The molecule has 0 unspecified atom stereocenters. The zero-order valence-corrected chi connectivity index (χ0v) is 61.1. The van der Waals surface area contributed by atoms with Gasteiger partial charge in [-0.3, -0.25) is 24.3 Å². The minimum absolute atomic E-state index is 0. The van der Waals surface area contributed by atoms with Crippen LogP contribution >= 0.6 is 0 Å². The molecule has 2 aliphatic heterocycles. The molecule has 2 aromatic heterocycles. The molecule has 20 heteroatoms. The number of pyridine rings is 1. The Morgan fingerprint density at radius 3 is 1.95 bits per heavy atom. The normalized spacial score (nSPS) is 15.8. The molecule has 0 bridgehead atoms. The summed E-state index contributed by atoms with van der Waals surface area (Å²) in [5.41, 5.74) is 13.4. The Bertz CT molecular complexity index is 2820. The SMILES string of the molecule is [CH2-]C.[CH2-]c1nc2c(N)nc3cc(CCCN4CCN(C(=O)CCOCCOCCNC(=O)CCOCCOCCNC(=O)CCCOc5c(C)c(C)c6c(c5C)CC[C@@](C)(CCC[C@H](C)CCC[C@H](C)CCCC(C)C)O6)CC4)ccc3c2n1CC(C)(CO)CO.[Y]. The van der Waals surface area contributed by atoms with Crippen LogP contribution in [0, 0.1) is 57.8 Å². The standard InChI is InChI=1S/C70H113N8O11.C2H5.Y/c1-50(2)16-11-17-51(3)18-12-19-52(4)20-13-28-70(10)29-25-58-55(7)66(53(5)54(6)67(58)89-70)88-37-15-22-61(81)72-30-40-86-44-42-84-38-26-62(82)73-31-41-87-45-43-85-39-27-63(83)77-35-33-76(34-36-77)32-14-21-57-23-24-59-60(46-57)75-68(71)64-65(59)78(56(8)74-64)47-69(9,48-79)49-80;1-2;/h23-24,46,50-52,79-80H,8,11-22,25-45,47-49H2,1-7,9-10H3,(H2,71,75)(H,72,81)(H,73,82);1H2,2H3;/q2*-1;/t51-,52-,70-;;/m1../s1. The number of amides is 3. The van der Waals surface area contributed by atoms with Gasteiger partial charge in [-0.1, -0.05) is 91.7 Å². The Morgan fingerprint density at radius 2 is 1.33 bits per heavy atom. The number of nitrogens with one attached hydrogen (secondary N) is 2. The van der Waals surface area contributed by atoms with Crippen molar-refractivity contribution in [2.75, 3.05) is 124 Å². The first-order valence-corrected chi connectivity index (χ1v) is 34.3. The quantitative estimate of drug-likeness (QED) is 0.0205. The first-order valence-electron chi connectivity index (χ1n) is 34.3. The van der Waals surface area contributed by atoms with Gasteiger partial charge in [0.1, 0.15) is 22.6 Å². The maximum absolute atomic E-state index is 12.9. The summed E-state index contributed by atoms with van der Waals surface area (Å²) in [5, 5.41) is 26.6. The van der Waals surface area contributed by atoms with Gasteiger partial charge in [0, 0.05) is 108 Å². The Balaban J connectivity index is 0.00000596. The molecule has 3 atom stereocenters. The molecule has 1 radical (unpaired) electrons. The van der Waals surface area contributed by atoms with E-state index < -0.39 is 5.41 Å². The molecule has 1 fully saturated rings. The average molecular weight is 1360 g/mol. The molecule has 1 saturated heterocycles. The van der Waals surface area contributed by atoms with E-state index in [0.717, 1.165) is 120 Å². The molecule has 2 aromatic carbocycles. The van der Waals surface area contributed by atoms with Gasteiger partial charge in [0.15, 0.2) is 5.82 Å². The molecule has 2 aliphatic rings. The van der Waals surface area contributed by atoms with Crippen LogP contribution in [0.1, 0.15) is 178 Å². The summed E-state index contributed by atoms with van der Waals surface area (Å²) < 4.78 is 37.6. The van der Waals surface area contributed by atoms with Crippen molar-refractivity contribution >= 4 is 45.5 Å². The minimum atomic E-state index is -0.751. The summed E-state index contributed by atoms with van der Waals surface area (Å²) >= 11 is 0. The van der Waals surface area contributed by atoms with Crippen LogP contribution in [0.5, 0.6) is 11.5 Å². The maximum Gasteiger partial charge on any atom is 0.224 e. The molecule has 0 saturated carbocycles. The number of imidazole rings is 1. The van der Waals surface area contributed by atoms with Gasteiger partial charge < -0.3 is 78.3 Å². The number of fused-ring (bicyclic) bond motifs is 4. The van der Waals surface area contributed by atoms with Crippen molar-refractivity contribution in [1.29, 1.82) is 0 Å². The third kappa shape index (κ3) is 26.4. The van der Waals surface area contributed by atoms with Crippen LogP contribution in [0.4, 0.5) is 5.82 Å². The number of rotatable bonds is 43. The molecule has 4 heterocycles. The van der Waals surface area contributed by atoms with Gasteiger partial charge in [-0.15, -0.1) is 0 Å². The summed E-state index contributed by atoms with van der Waals surface area (Å²) in [6.45, 7) is 37.0. The van der Waals surface area contributed by atoms with Crippen molar-refractivity contribution in [2.45, 2.75) is 191 Å². The number of nitrogens with zero attached hydrogens (tertiary/aromatic N) is 5. The molecule has 0 spiro atoms. The summed E-state index contributed by atoms with van der Waals surface area (Å²) in [6.07, 6.45) is 17.0. The summed E-state index contributed by atoms with van der Waals surface area (Å²) in [7, 11) is 0. The monoisotopic (exact) mass is 1360 g/mol.